The van der Waals surface area contributed by atoms with E-state index in [0.717, 1.165) is 21.7 Å². The van der Waals surface area contributed by atoms with Crippen molar-refractivity contribution in [2.45, 2.75) is 6.43 Å². The van der Waals surface area contributed by atoms with Gasteiger partial charge in [0.25, 0.3) is 6.43 Å². The molecule has 3 rings (SSSR count). The fraction of sp³-hybridized carbons (Fsp3) is 0.0769. The van der Waals surface area contributed by atoms with Gasteiger partial charge in [-0.05, 0) is 11.5 Å². The van der Waals surface area contributed by atoms with Gasteiger partial charge in [-0.2, -0.15) is 0 Å². The fourth-order valence-corrected chi connectivity index (χ4v) is 2.01. The Labute approximate surface area is 90.7 Å². The van der Waals surface area contributed by atoms with Gasteiger partial charge in [0.05, 0.1) is 11.2 Å². The minimum Gasteiger partial charge on any atom is -0.353 e. The summed E-state index contributed by atoms with van der Waals surface area (Å²) in [6, 6.07) is 13.1. The predicted octanol–water partition coefficient (Wildman–Crippen LogP) is 4.26. The Morgan fingerprint density at radius 2 is 1.69 bits per heavy atom. The first-order chi connectivity index (χ1) is 7.75. The number of benzene rings is 2. The number of rotatable bonds is 1. The highest BCUT2D eigenvalue weighted by Gasteiger charge is 2.11. The van der Waals surface area contributed by atoms with Crippen molar-refractivity contribution in [1.82, 2.24) is 4.98 Å². The second-order valence-electron chi connectivity index (χ2n) is 3.78. The molecular formula is C13H9F2N. The van der Waals surface area contributed by atoms with Crippen LogP contribution in [0.4, 0.5) is 8.78 Å². The third kappa shape index (κ3) is 1.28. The van der Waals surface area contributed by atoms with Crippen LogP contribution in [0, 0.1) is 0 Å². The second kappa shape index (κ2) is 3.30. The maximum atomic E-state index is 12.6. The molecule has 0 saturated carbocycles. The molecule has 1 aromatic heterocycles. The molecule has 0 fully saturated rings. The van der Waals surface area contributed by atoms with Gasteiger partial charge in [-0.15, -0.1) is 0 Å². The molecule has 1 heterocycles. The zero-order valence-corrected chi connectivity index (χ0v) is 8.37. The van der Waals surface area contributed by atoms with Crippen LogP contribution in [0.15, 0.2) is 42.5 Å². The van der Waals surface area contributed by atoms with E-state index in [1.807, 2.05) is 36.4 Å². The maximum Gasteiger partial charge on any atom is 0.278 e. The Kier molecular flexibility index (Phi) is 1.93. The van der Waals surface area contributed by atoms with Crippen molar-refractivity contribution in [2.24, 2.45) is 0 Å². The fourth-order valence-electron chi connectivity index (χ4n) is 2.01. The summed E-state index contributed by atoms with van der Waals surface area (Å²) in [4.78, 5) is 2.79. The molecule has 0 aliphatic carbocycles. The number of aromatic nitrogens is 1. The number of alkyl halides is 2. The summed E-state index contributed by atoms with van der Waals surface area (Å²) in [5.74, 6) is 0. The quantitative estimate of drug-likeness (QED) is 0.626. The van der Waals surface area contributed by atoms with E-state index in [2.05, 4.69) is 4.98 Å². The van der Waals surface area contributed by atoms with Gasteiger partial charge >= 0.3 is 0 Å². The van der Waals surface area contributed by atoms with Crippen molar-refractivity contribution < 1.29 is 8.78 Å². The van der Waals surface area contributed by atoms with E-state index in [9.17, 15) is 8.78 Å². The van der Waals surface area contributed by atoms with Crippen LogP contribution in [0.5, 0.6) is 0 Å². The number of hydrogen-bond donors (Lipinski definition) is 1. The van der Waals surface area contributed by atoms with Crippen LogP contribution in [0.2, 0.25) is 0 Å². The lowest BCUT2D eigenvalue weighted by atomic mass is 10.1. The lowest BCUT2D eigenvalue weighted by molar-refractivity contribution is 0.147. The number of H-pyrrole nitrogens is 1. The number of halogens is 2. The van der Waals surface area contributed by atoms with Crippen LogP contribution in [0.3, 0.4) is 0 Å². The lowest BCUT2D eigenvalue weighted by Gasteiger charge is -1.98. The Balaban J connectivity index is 2.41. The van der Waals surface area contributed by atoms with E-state index in [0.29, 0.717) is 0 Å². The van der Waals surface area contributed by atoms with Crippen LogP contribution >= 0.6 is 0 Å². The third-order valence-corrected chi connectivity index (χ3v) is 2.78. The van der Waals surface area contributed by atoms with Gasteiger partial charge in [-0.1, -0.05) is 36.4 Å². The molecule has 1 nitrogen and oxygen atoms in total. The van der Waals surface area contributed by atoms with Crippen molar-refractivity contribution in [3.05, 3.63) is 48.2 Å². The Morgan fingerprint density at radius 1 is 0.938 bits per heavy atom. The first-order valence-corrected chi connectivity index (χ1v) is 5.04. The Morgan fingerprint density at radius 3 is 2.50 bits per heavy atom. The molecule has 0 saturated heterocycles. The number of hydrogen-bond acceptors (Lipinski definition) is 0. The zero-order valence-electron chi connectivity index (χ0n) is 8.37. The molecule has 80 valence electrons. The van der Waals surface area contributed by atoms with E-state index >= 15 is 0 Å². The van der Waals surface area contributed by atoms with E-state index < -0.39 is 6.43 Å². The van der Waals surface area contributed by atoms with Crippen molar-refractivity contribution >= 4 is 21.7 Å². The molecule has 3 heteroatoms. The number of nitrogens with one attached hydrogen (secondary N) is 1. The minimum atomic E-state index is -2.45. The van der Waals surface area contributed by atoms with Gasteiger partial charge in [0, 0.05) is 10.8 Å². The van der Waals surface area contributed by atoms with E-state index in [4.69, 9.17) is 0 Å². The summed E-state index contributed by atoms with van der Waals surface area (Å²) < 4.78 is 25.1. The summed E-state index contributed by atoms with van der Waals surface area (Å²) in [7, 11) is 0. The Bertz CT molecular complexity index is 655. The molecule has 16 heavy (non-hydrogen) atoms. The zero-order chi connectivity index (χ0) is 11.1. The highest BCUT2D eigenvalue weighted by Crippen LogP contribution is 2.28. The average molecular weight is 217 g/mol. The average Bonchev–Trinajstić information content (AvgIpc) is 2.73. The number of aromatic amines is 1. The first kappa shape index (κ1) is 9.33. The van der Waals surface area contributed by atoms with Crippen molar-refractivity contribution in [1.29, 1.82) is 0 Å². The SMILES string of the molecule is FC(F)c1cc2ccc3ccccc3c2[nH]1. The maximum absolute atomic E-state index is 12.6. The number of fused-ring (bicyclic) bond motifs is 3. The smallest absolute Gasteiger partial charge is 0.278 e. The second-order valence-corrected chi connectivity index (χ2v) is 3.78. The summed E-state index contributed by atoms with van der Waals surface area (Å²) in [5, 5.41) is 2.86. The lowest BCUT2D eigenvalue weighted by Crippen LogP contribution is -1.81. The first-order valence-electron chi connectivity index (χ1n) is 5.04. The van der Waals surface area contributed by atoms with Crippen LogP contribution in [-0.4, -0.2) is 4.98 Å². The Hall–Kier alpha value is -1.90. The van der Waals surface area contributed by atoms with Gasteiger partial charge in [0.15, 0.2) is 0 Å². The van der Waals surface area contributed by atoms with Crippen LogP contribution in [0.25, 0.3) is 21.7 Å². The van der Waals surface area contributed by atoms with E-state index in [1.165, 1.54) is 6.07 Å². The molecule has 0 bridgehead atoms. The van der Waals surface area contributed by atoms with Gasteiger partial charge in [-0.3, -0.25) is 0 Å². The molecule has 0 aliphatic rings. The van der Waals surface area contributed by atoms with E-state index in [1.54, 1.807) is 0 Å². The van der Waals surface area contributed by atoms with Crippen LogP contribution in [-0.2, 0) is 0 Å². The molecule has 1 N–H and O–H groups in total. The predicted molar refractivity (Wildman–Crippen MR) is 60.8 cm³/mol. The largest absolute Gasteiger partial charge is 0.353 e. The molecule has 0 unspecified atom stereocenters. The molecule has 0 amide bonds. The van der Waals surface area contributed by atoms with E-state index in [-0.39, 0.29) is 5.69 Å². The molecule has 0 aliphatic heterocycles. The molecule has 0 radical (unpaired) electrons. The monoisotopic (exact) mass is 217 g/mol. The molecule has 2 aromatic carbocycles. The normalized spacial score (nSPS) is 11.7. The summed E-state index contributed by atoms with van der Waals surface area (Å²) in [5.41, 5.74) is 0.764. The minimum absolute atomic E-state index is 0.0219. The van der Waals surface area contributed by atoms with Crippen LogP contribution in [0.1, 0.15) is 12.1 Å². The standard InChI is InChI=1S/C13H9F2N/c14-13(15)11-7-9-6-5-8-3-1-2-4-10(8)12(9)16-11/h1-7,13,16H. The van der Waals surface area contributed by atoms with Crippen LogP contribution < -0.4 is 0 Å². The third-order valence-electron chi connectivity index (χ3n) is 2.78. The van der Waals surface area contributed by atoms with Gasteiger partial charge in [0.1, 0.15) is 0 Å². The van der Waals surface area contributed by atoms with Gasteiger partial charge in [-0.25, -0.2) is 8.78 Å². The van der Waals surface area contributed by atoms with Crippen molar-refractivity contribution in [3.63, 3.8) is 0 Å². The molecule has 0 atom stereocenters. The van der Waals surface area contributed by atoms with Gasteiger partial charge in [0.2, 0.25) is 0 Å². The molecule has 3 aromatic rings. The summed E-state index contributed by atoms with van der Waals surface area (Å²) in [6.07, 6.45) is -2.45. The molecular weight excluding hydrogens is 208 g/mol. The summed E-state index contributed by atoms with van der Waals surface area (Å²) >= 11 is 0. The highest BCUT2D eigenvalue weighted by atomic mass is 19.3. The topological polar surface area (TPSA) is 15.8 Å². The highest BCUT2D eigenvalue weighted by molar-refractivity contribution is 6.05. The summed E-state index contributed by atoms with van der Waals surface area (Å²) in [6.45, 7) is 0. The van der Waals surface area contributed by atoms with Crippen molar-refractivity contribution in [3.8, 4) is 0 Å². The molecule has 0 spiro atoms. The van der Waals surface area contributed by atoms with Crippen molar-refractivity contribution in [2.75, 3.05) is 0 Å². The van der Waals surface area contributed by atoms with Gasteiger partial charge < -0.3 is 4.98 Å².